The van der Waals surface area contributed by atoms with E-state index in [2.05, 4.69) is 108 Å². The van der Waals surface area contributed by atoms with Crippen LogP contribution >= 0.6 is 0 Å². The largest absolute Gasteiger partial charge is 0.456 e. The molecule has 0 atom stereocenters. The lowest BCUT2D eigenvalue weighted by molar-refractivity contribution is 0.669. The van der Waals surface area contributed by atoms with Gasteiger partial charge < -0.3 is 9.73 Å². The third-order valence-corrected chi connectivity index (χ3v) is 9.71. The molecule has 51 heavy (non-hydrogen) atoms. The normalized spacial score (nSPS) is 12.3. The zero-order valence-corrected chi connectivity index (χ0v) is 27.5. The van der Waals surface area contributed by atoms with Gasteiger partial charge in [-0.2, -0.15) is 0 Å². The van der Waals surface area contributed by atoms with Crippen LogP contribution in [0.1, 0.15) is 5.56 Å². The lowest BCUT2D eigenvalue weighted by atomic mass is 9.89. The minimum absolute atomic E-state index is 0.633. The Hall–Kier alpha value is -6.85. The van der Waals surface area contributed by atoms with Crippen LogP contribution in [0.5, 0.6) is 0 Å². The Kier molecular flexibility index (Phi) is 6.81. The second kappa shape index (κ2) is 11.9. The first-order chi connectivity index (χ1) is 25.3. The Morgan fingerprint density at radius 2 is 1.04 bits per heavy atom. The quantitative estimate of drug-likeness (QED) is 0.200. The summed E-state index contributed by atoms with van der Waals surface area (Å²) in [6.45, 7) is 0.807. The molecule has 0 saturated carbocycles. The fraction of sp³-hybridized carbons (Fsp3) is 0.0217. The average Bonchev–Trinajstić information content (AvgIpc) is 3.57. The van der Waals surface area contributed by atoms with Gasteiger partial charge in [-0.25, -0.2) is 15.0 Å². The number of benzene rings is 7. The van der Waals surface area contributed by atoms with Gasteiger partial charge in [-0.1, -0.05) is 133 Å². The smallest absolute Gasteiger partial charge is 0.164 e. The van der Waals surface area contributed by atoms with E-state index in [9.17, 15) is 0 Å². The standard InChI is InChI=1S/C46H30N4O/c1-4-13-29(14-5-1)33-26-38(43-39-25-32-19-12-24-47-40(32)28-41(39)51-42(43)27-33)36-22-23-37(35-21-11-10-20-34(35)36)46-49-44(30-15-6-2-7-16-30)48-45(50-46)31-17-8-3-9-18-31/h1-23,25-28,47H,24H2. The van der Waals surface area contributed by atoms with Crippen LogP contribution < -0.4 is 5.32 Å². The first kappa shape index (κ1) is 29.1. The molecule has 2 aromatic heterocycles. The number of hydrogen-bond donors (Lipinski definition) is 1. The monoisotopic (exact) mass is 654 g/mol. The number of anilines is 1. The molecule has 0 radical (unpaired) electrons. The molecule has 9 aromatic rings. The van der Waals surface area contributed by atoms with Crippen molar-refractivity contribution < 1.29 is 4.42 Å². The summed E-state index contributed by atoms with van der Waals surface area (Å²) in [6.07, 6.45) is 4.35. The summed E-state index contributed by atoms with van der Waals surface area (Å²) in [5.74, 6) is 1.91. The van der Waals surface area contributed by atoms with Crippen LogP contribution in [0.3, 0.4) is 0 Å². The predicted octanol–water partition coefficient (Wildman–Crippen LogP) is 11.7. The molecule has 10 rings (SSSR count). The molecule has 0 amide bonds. The fourth-order valence-electron chi connectivity index (χ4n) is 7.28. The van der Waals surface area contributed by atoms with Crippen molar-refractivity contribution in [2.24, 2.45) is 0 Å². The minimum atomic E-state index is 0.633. The highest BCUT2D eigenvalue weighted by molar-refractivity contribution is 6.18. The van der Waals surface area contributed by atoms with Crippen LogP contribution in [0.4, 0.5) is 5.69 Å². The zero-order valence-electron chi connectivity index (χ0n) is 27.5. The number of rotatable bonds is 5. The van der Waals surface area contributed by atoms with E-state index in [0.717, 1.165) is 89.5 Å². The van der Waals surface area contributed by atoms with Gasteiger partial charge in [-0.15, -0.1) is 0 Å². The molecule has 0 spiro atoms. The lowest BCUT2D eigenvalue weighted by Crippen LogP contribution is -2.03. The summed E-state index contributed by atoms with van der Waals surface area (Å²) in [7, 11) is 0. The van der Waals surface area contributed by atoms with E-state index in [1.54, 1.807) is 0 Å². The van der Waals surface area contributed by atoms with Gasteiger partial charge in [-0.05, 0) is 62.9 Å². The molecule has 0 fully saturated rings. The van der Waals surface area contributed by atoms with E-state index in [4.69, 9.17) is 19.4 Å². The predicted molar refractivity (Wildman–Crippen MR) is 209 cm³/mol. The Bertz CT molecular complexity index is 2730. The average molecular weight is 655 g/mol. The maximum atomic E-state index is 6.67. The van der Waals surface area contributed by atoms with Crippen molar-refractivity contribution in [3.8, 4) is 56.4 Å². The van der Waals surface area contributed by atoms with Crippen LogP contribution in [0.2, 0.25) is 0 Å². The van der Waals surface area contributed by atoms with Crippen LogP contribution in [0.25, 0.3) is 95.2 Å². The highest BCUT2D eigenvalue weighted by Crippen LogP contribution is 2.45. The molecule has 1 aliphatic heterocycles. The number of hydrogen-bond acceptors (Lipinski definition) is 5. The Labute approximate surface area is 294 Å². The molecule has 0 bridgehead atoms. The van der Waals surface area contributed by atoms with E-state index in [0.29, 0.717) is 17.5 Å². The van der Waals surface area contributed by atoms with Crippen molar-refractivity contribution in [1.29, 1.82) is 0 Å². The van der Waals surface area contributed by atoms with E-state index >= 15 is 0 Å². The molecular formula is C46H30N4O. The van der Waals surface area contributed by atoms with Crippen molar-refractivity contribution in [2.75, 3.05) is 11.9 Å². The van der Waals surface area contributed by atoms with E-state index in [1.165, 1.54) is 0 Å². The molecule has 0 aliphatic carbocycles. The third kappa shape index (κ3) is 5.06. The summed E-state index contributed by atoms with van der Waals surface area (Å²) in [5.41, 5.74) is 11.3. The van der Waals surface area contributed by atoms with Gasteiger partial charge in [0.1, 0.15) is 11.2 Å². The van der Waals surface area contributed by atoms with Gasteiger partial charge in [-0.3, -0.25) is 0 Å². The van der Waals surface area contributed by atoms with Gasteiger partial charge in [0, 0.05) is 45.8 Å². The van der Waals surface area contributed by atoms with E-state index in [1.807, 2.05) is 60.7 Å². The zero-order chi connectivity index (χ0) is 33.7. The fourth-order valence-corrected chi connectivity index (χ4v) is 7.28. The topological polar surface area (TPSA) is 63.8 Å². The highest BCUT2D eigenvalue weighted by atomic mass is 16.3. The van der Waals surface area contributed by atoms with E-state index < -0.39 is 0 Å². The van der Waals surface area contributed by atoms with Gasteiger partial charge in [0.2, 0.25) is 0 Å². The van der Waals surface area contributed by atoms with E-state index in [-0.39, 0.29) is 0 Å². The van der Waals surface area contributed by atoms with Gasteiger partial charge in [0.25, 0.3) is 0 Å². The highest BCUT2D eigenvalue weighted by Gasteiger charge is 2.21. The van der Waals surface area contributed by atoms with Crippen LogP contribution in [0, 0.1) is 0 Å². The first-order valence-electron chi connectivity index (χ1n) is 17.2. The Balaban J connectivity index is 1.23. The van der Waals surface area contributed by atoms with Gasteiger partial charge in [0.15, 0.2) is 17.5 Å². The number of aromatic nitrogens is 3. The van der Waals surface area contributed by atoms with Crippen molar-refractivity contribution in [1.82, 2.24) is 15.0 Å². The molecule has 3 heterocycles. The second-order valence-corrected chi connectivity index (χ2v) is 12.8. The van der Waals surface area contributed by atoms with Crippen molar-refractivity contribution in [3.63, 3.8) is 0 Å². The molecule has 5 heteroatoms. The second-order valence-electron chi connectivity index (χ2n) is 12.8. The summed E-state index contributed by atoms with van der Waals surface area (Å²) < 4.78 is 6.67. The Morgan fingerprint density at radius 3 is 1.73 bits per heavy atom. The maximum Gasteiger partial charge on any atom is 0.164 e. The van der Waals surface area contributed by atoms with Gasteiger partial charge in [0.05, 0.1) is 0 Å². The molecule has 0 saturated heterocycles. The summed E-state index contributed by atoms with van der Waals surface area (Å²) in [5, 5.41) is 7.86. The summed E-state index contributed by atoms with van der Waals surface area (Å²) >= 11 is 0. The lowest BCUT2D eigenvalue weighted by Gasteiger charge is -2.15. The third-order valence-electron chi connectivity index (χ3n) is 9.71. The summed E-state index contributed by atoms with van der Waals surface area (Å²) in [6, 6.07) is 52.5. The van der Waals surface area contributed by atoms with Crippen LogP contribution in [0.15, 0.2) is 162 Å². The van der Waals surface area contributed by atoms with Gasteiger partial charge >= 0.3 is 0 Å². The Morgan fingerprint density at radius 1 is 0.451 bits per heavy atom. The molecular weight excluding hydrogens is 625 g/mol. The SMILES string of the molecule is C1=Cc2cc3c(cc2NC1)oc1cc(-c2ccccc2)cc(-c2ccc(-c4nc(-c5ccccc5)nc(-c5ccccc5)n4)c4ccccc24)c13. The van der Waals surface area contributed by atoms with Crippen molar-refractivity contribution >= 4 is 44.5 Å². The van der Waals surface area contributed by atoms with Crippen molar-refractivity contribution in [3.05, 3.63) is 163 Å². The molecule has 5 nitrogen and oxygen atoms in total. The number of nitrogens with one attached hydrogen (secondary N) is 1. The van der Waals surface area contributed by atoms with Crippen LogP contribution in [-0.4, -0.2) is 21.5 Å². The molecule has 240 valence electrons. The number of nitrogens with zero attached hydrogens (tertiary/aromatic N) is 3. The molecule has 1 aliphatic rings. The summed E-state index contributed by atoms with van der Waals surface area (Å²) in [4.78, 5) is 15.1. The molecule has 1 N–H and O–H groups in total. The molecule has 0 unspecified atom stereocenters. The number of fused-ring (bicyclic) bond motifs is 5. The first-order valence-corrected chi connectivity index (χ1v) is 17.2. The van der Waals surface area contributed by atoms with Crippen molar-refractivity contribution in [2.45, 2.75) is 0 Å². The minimum Gasteiger partial charge on any atom is -0.456 e. The maximum absolute atomic E-state index is 6.67. The van der Waals surface area contributed by atoms with Crippen LogP contribution in [-0.2, 0) is 0 Å². The number of furan rings is 1. The molecule has 7 aromatic carbocycles.